The maximum atomic E-state index is 11.1. The van der Waals surface area contributed by atoms with Crippen LogP contribution in [0.1, 0.15) is 40.2 Å². The summed E-state index contributed by atoms with van der Waals surface area (Å²) in [6.07, 6.45) is 6.46. The first-order valence-electron chi connectivity index (χ1n) is 12.6. The summed E-state index contributed by atoms with van der Waals surface area (Å²) in [6.45, 7) is 2.36. The first kappa shape index (κ1) is 23.0. The fourth-order valence-corrected chi connectivity index (χ4v) is 5.44. The van der Waals surface area contributed by atoms with Gasteiger partial charge in [0.05, 0.1) is 11.4 Å². The summed E-state index contributed by atoms with van der Waals surface area (Å²) < 4.78 is 8.30. The van der Waals surface area contributed by atoms with Gasteiger partial charge in [-0.3, -0.25) is 0 Å². The van der Waals surface area contributed by atoms with Crippen molar-refractivity contribution in [2.24, 2.45) is 0 Å². The van der Waals surface area contributed by atoms with Crippen molar-refractivity contribution in [1.29, 1.82) is 0 Å². The second kappa shape index (κ2) is 9.58. The van der Waals surface area contributed by atoms with Crippen molar-refractivity contribution in [2.45, 2.75) is 31.2 Å². The van der Waals surface area contributed by atoms with Crippen molar-refractivity contribution in [3.63, 3.8) is 0 Å². The molecule has 186 valence electrons. The summed E-state index contributed by atoms with van der Waals surface area (Å²) in [5, 5.41) is 11.1. The number of nitrogens with zero attached hydrogens (tertiary/aromatic N) is 4. The van der Waals surface area contributed by atoms with Crippen molar-refractivity contribution < 1.29 is 14.3 Å². The average molecular weight is 492 g/mol. The SMILES string of the molecule is O=C([O-])c1ccc(CCn2ccnc2C2(c3ccccc3)CCN(c3nc4ccccc4o3)CC2)cc1. The fourth-order valence-electron chi connectivity index (χ4n) is 5.44. The number of carbonyl (C=O) groups is 1. The van der Waals surface area contributed by atoms with Crippen molar-refractivity contribution in [2.75, 3.05) is 18.0 Å². The normalized spacial score (nSPS) is 15.2. The zero-order valence-electron chi connectivity index (χ0n) is 20.4. The highest BCUT2D eigenvalue weighted by molar-refractivity contribution is 5.85. The Balaban J connectivity index is 1.26. The summed E-state index contributed by atoms with van der Waals surface area (Å²) in [5.41, 5.74) is 3.98. The number of carboxylic acid groups (broad SMARTS) is 1. The van der Waals surface area contributed by atoms with E-state index in [0.717, 1.165) is 61.4 Å². The third-order valence-corrected chi connectivity index (χ3v) is 7.47. The van der Waals surface area contributed by atoms with Crippen LogP contribution < -0.4 is 10.0 Å². The summed E-state index contributed by atoms with van der Waals surface area (Å²) >= 11 is 0. The number of hydrogen-bond acceptors (Lipinski definition) is 6. The smallest absolute Gasteiger partial charge is 0.298 e. The van der Waals surface area contributed by atoms with Crippen LogP contribution in [-0.2, 0) is 18.4 Å². The lowest BCUT2D eigenvalue weighted by Gasteiger charge is -2.41. The molecule has 5 aromatic rings. The fraction of sp³-hybridized carbons (Fsp3) is 0.233. The molecule has 1 aliphatic rings. The van der Waals surface area contributed by atoms with Crippen molar-refractivity contribution >= 4 is 23.1 Å². The molecule has 0 aliphatic carbocycles. The van der Waals surface area contributed by atoms with E-state index in [2.05, 4.69) is 33.7 Å². The molecule has 2 aromatic heterocycles. The van der Waals surface area contributed by atoms with Crippen LogP contribution in [0.3, 0.4) is 0 Å². The number of aromatic carboxylic acids is 1. The predicted molar refractivity (Wildman–Crippen MR) is 139 cm³/mol. The van der Waals surface area contributed by atoms with Gasteiger partial charge in [-0.05, 0) is 48.1 Å². The predicted octanol–water partition coefficient (Wildman–Crippen LogP) is 4.22. The monoisotopic (exact) mass is 491 g/mol. The molecule has 0 atom stereocenters. The van der Waals surface area contributed by atoms with Gasteiger partial charge in [0.25, 0.3) is 6.01 Å². The van der Waals surface area contributed by atoms with Crippen molar-refractivity contribution in [3.05, 3.63) is 114 Å². The molecule has 3 heterocycles. The maximum absolute atomic E-state index is 11.1. The Labute approximate surface area is 215 Å². The molecule has 1 saturated heterocycles. The summed E-state index contributed by atoms with van der Waals surface area (Å²) in [5.74, 6) is -0.0975. The molecule has 0 N–H and O–H groups in total. The van der Waals surface area contributed by atoms with Crippen LogP contribution >= 0.6 is 0 Å². The number of benzene rings is 3. The van der Waals surface area contributed by atoms with Gasteiger partial charge >= 0.3 is 0 Å². The van der Waals surface area contributed by atoms with Crippen LogP contribution in [0.2, 0.25) is 0 Å². The Morgan fingerprint density at radius 2 is 1.68 bits per heavy atom. The second-order valence-electron chi connectivity index (χ2n) is 9.58. The summed E-state index contributed by atoms with van der Waals surface area (Å²) in [4.78, 5) is 22.9. The van der Waals surface area contributed by atoms with Gasteiger partial charge in [0.15, 0.2) is 5.58 Å². The highest BCUT2D eigenvalue weighted by Crippen LogP contribution is 2.42. The van der Waals surface area contributed by atoms with Gasteiger partial charge in [-0.2, -0.15) is 4.98 Å². The molecule has 7 heteroatoms. The minimum absolute atomic E-state index is 0.195. The van der Waals surface area contributed by atoms with E-state index in [9.17, 15) is 9.90 Å². The van der Waals surface area contributed by atoms with Crippen LogP contribution in [-0.4, -0.2) is 33.6 Å². The Bertz CT molecular complexity index is 1480. The van der Waals surface area contributed by atoms with E-state index >= 15 is 0 Å². The molecule has 0 unspecified atom stereocenters. The number of imidazole rings is 1. The minimum Gasteiger partial charge on any atom is -0.545 e. The van der Waals surface area contributed by atoms with Gasteiger partial charge in [-0.1, -0.05) is 66.7 Å². The topological polar surface area (TPSA) is 87.2 Å². The number of hydrogen-bond donors (Lipinski definition) is 0. The molecule has 0 amide bonds. The van der Waals surface area contributed by atoms with Crippen LogP contribution in [0.25, 0.3) is 11.1 Å². The summed E-state index contributed by atoms with van der Waals surface area (Å²) in [7, 11) is 0. The van der Waals surface area contributed by atoms with E-state index in [0.29, 0.717) is 6.01 Å². The molecular weight excluding hydrogens is 464 g/mol. The number of oxazole rings is 1. The molecule has 1 aliphatic heterocycles. The van der Waals surface area contributed by atoms with E-state index in [1.54, 1.807) is 12.1 Å². The number of anilines is 1. The quantitative estimate of drug-likeness (QED) is 0.339. The molecule has 3 aromatic carbocycles. The lowest BCUT2D eigenvalue weighted by Crippen LogP contribution is -2.45. The third kappa shape index (κ3) is 4.37. The lowest BCUT2D eigenvalue weighted by molar-refractivity contribution is -0.255. The van der Waals surface area contributed by atoms with E-state index in [4.69, 9.17) is 14.4 Å². The Kier molecular flexibility index (Phi) is 5.96. The molecule has 1 fully saturated rings. The Morgan fingerprint density at radius 1 is 0.946 bits per heavy atom. The van der Waals surface area contributed by atoms with Crippen LogP contribution in [0.4, 0.5) is 6.01 Å². The molecule has 0 bridgehead atoms. The minimum atomic E-state index is -1.16. The van der Waals surface area contributed by atoms with Gasteiger partial charge in [0.1, 0.15) is 11.3 Å². The highest BCUT2D eigenvalue weighted by atomic mass is 16.4. The maximum Gasteiger partial charge on any atom is 0.298 e. The average Bonchev–Trinajstić information content (AvgIpc) is 3.60. The molecular formula is C30H27N4O3-. The van der Waals surface area contributed by atoms with E-state index in [-0.39, 0.29) is 11.0 Å². The second-order valence-corrected chi connectivity index (χ2v) is 9.58. The number of rotatable bonds is 7. The number of carboxylic acids is 1. The number of carbonyl (C=O) groups excluding carboxylic acids is 1. The van der Waals surface area contributed by atoms with Crippen molar-refractivity contribution in [3.8, 4) is 0 Å². The first-order chi connectivity index (χ1) is 18.1. The largest absolute Gasteiger partial charge is 0.545 e. The van der Waals surface area contributed by atoms with Crippen molar-refractivity contribution in [1.82, 2.24) is 14.5 Å². The standard InChI is InChI=1S/C30H28N4O3/c35-27(36)23-12-10-22(11-13-23)14-18-33-21-17-31-28(33)30(24-6-2-1-3-7-24)15-19-34(20-16-30)29-32-25-8-4-5-9-26(25)37-29/h1-13,17,21H,14-16,18-20H2,(H,35,36)/p-1. The molecule has 7 nitrogen and oxygen atoms in total. The zero-order valence-corrected chi connectivity index (χ0v) is 20.4. The van der Waals surface area contributed by atoms with Gasteiger partial charge < -0.3 is 23.8 Å². The van der Waals surface area contributed by atoms with Gasteiger partial charge in [-0.15, -0.1) is 0 Å². The molecule has 6 rings (SSSR count). The lowest BCUT2D eigenvalue weighted by atomic mass is 9.72. The van der Waals surface area contributed by atoms with E-state index in [1.165, 1.54) is 5.56 Å². The van der Waals surface area contributed by atoms with Crippen LogP contribution in [0.5, 0.6) is 0 Å². The number of piperidine rings is 1. The Hall–Kier alpha value is -4.39. The van der Waals surface area contributed by atoms with Gasteiger partial charge in [0, 0.05) is 32.0 Å². The first-order valence-corrected chi connectivity index (χ1v) is 12.6. The highest BCUT2D eigenvalue weighted by Gasteiger charge is 2.42. The van der Waals surface area contributed by atoms with E-state index < -0.39 is 5.97 Å². The zero-order chi connectivity index (χ0) is 25.2. The molecule has 0 spiro atoms. The van der Waals surface area contributed by atoms with Crippen LogP contribution in [0.15, 0.2) is 95.7 Å². The molecule has 37 heavy (non-hydrogen) atoms. The van der Waals surface area contributed by atoms with Crippen LogP contribution in [0, 0.1) is 0 Å². The Morgan fingerprint density at radius 3 is 2.41 bits per heavy atom. The summed E-state index contributed by atoms with van der Waals surface area (Å²) in [6, 6.07) is 26.1. The van der Waals surface area contributed by atoms with E-state index in [1.807, 2.05) is 54.9 Å². The number of aryl methyl sites for hydroxylation is 2. The molecule has 0 saturated carbocycles. The van der Waals surface area contributed by atoms with Gasteiger partial charge in [-0.25, -0.2) is 4.98 Å². The number of para-hydroxylation sites is 2. The molecule has 0 radical (unpaired) electrons. The number of fused-ring (bicyclic) bond motifs is 1. The number of aromatic nitrogens is 3. The third-order valence-electron chi connectivity index (χ3n) is 7.47. The van der Waals surface area contributed by atoms with Gasteiger partial charge in [0.2, 0.25) is 0 Å².